The zero-order valence-electron chi connectivity index (χ0n) is 13.4. The smallest absolute Gasteiger partial charge is 0.242 e. The third-order valence-electron chi connectivity index (χ3n) is 4.19. The van der Waals surface area contributed by atoms with Gasteiger partial charge >= 0.3 is 0 Å². The van der Waals surface area contributed by atoms with Crippen LogP contribution in [0.1, 0.15) is 35.0 Å². The molecule has 2 N–H and O–H groups in total. The lowest BCUT2D eigenvalue weighted by molar-refractivity contribution is -0.126. The van der Waals surface area contributed by atoms with Crippen molar-refractivity contribution in [1.29, 1.82) is 0 Å². The number of hydrogen-bond donors (Lipinski definition) is 1. The van der Waals surface area contributed by atoms with Crippen molar-refractivity contribution in [3.05, 3.63) is 46.4 Å². The zero-order chi connectivity index (χ0) is 17.5. The molecular weight excluding hydrogens is 326 g/mol. The van der Waals surface area contributed by atoms with E-state index in [4.69, 9.17) is 5.73 Å². The van der Waals surface area contributed by atoms with E-state index in [9.17, 15) is 14.4 Å². The van der Waals surface area contributed by atoms with E-state index in [0.717, 1.165) is 0 Å². The highest BCUT2D eigenvalue weighted by atomic mass is 32.1. The maximum Gasteiger partial charge on any atom is 0.242 e. The molecule has 0 radical (unpaired) electrons. The predicted octanol–water partition coefficient (Wildman–Crippen LogP) is 1.97. The SMILES string of the molecule is CC(C)(CN1C(=O)C(C(=O)c2cccs2)c2cnccc21)C(N)=O. The van der Waals surface area contributed by atoms with E-state index >= 15 is 0 Å². The van der Waals surface area contributed by atoms with E-state index in [2.05, 4.69) is 4.98 Å². The predicted molar refractivity (Wildman–Crippen MR) is 91.0 cm³/mol. The number of hydrogen-bond acceptors (Lipinski definition) is 5. The molecule has 2 aromatic rings. The minimum atomic E-state index is -0.920. The summed E-state index contributed by atoms with van der Waals surface area (Å²) >= 11 is 1.30. The van der Waals surface area contributed by atoms with Gasteiger partial charge in [-0.05, 0) is 31.4 Å². The first-order valence-electron chi connectivity index (χ1n) is 7.46. The Bertz CT molecular complexity index is 814. The number of anilines is 1. The van der Waals surface area contributed by atoms with Crippen LogP contribution in [-0.4, -0.2) is 29.1 Å². The molecule has 3 rings (SSSR count). The molecule has 124 valence electrons. The first kappa shape index (κ1) is 16.3. The Labute approximate surface area is 143 Å². The molecule has 24 heavy (non-hydrogen) atoms. The lowest BCUT2D eigenvalue weighted by Crippen LogP contribution is -2.44. The third kappa shape index (κ3) is 2.60. The summed E-state index contributed by atoms with van der Waals surface area (Å²) < 4.78 is 0. The highest BCUT2D eigenvalue weighted by Crippen LogP contribution is 2.40. The summed E-state index contributed by atoms with van der Waals surface area (Å²) in [5.41, 5.74) is 5.71. The molecule has 0 saturated heterocycles. The van der Waals surface area contributed by atoms with Gasteiger partial charge < -0.3 is 10.6 Å². The van der Waals surface area contributed by atoms with Crippen LogP contribution < -0.4 is 10.6 Å². The molecule has 1 aliphatic rings. The summed E-state index contributed by atoms with van der Waals surface area (Å²) in [7, 11) is 0. The second kappa shape index (κ2) is 5.83. The number of Topliss-reactive ketones (excluding diaryl/α,β-unsaturated/α-hetero) is 1. The zero-order valence-corrected chi connectivity index (χ0v) is 14.2. The van der Waals surface area contributed by atoms with Gasteiger partial charge in [-0.3, -0.25) is 19.4 Å². The Kier molecular flexibility index (Phi) is 3.96. The number of amides is 2. The van der Waals surface area contributed by atoms with Crippen molar-refractivity contribution in [1.82, 2.24) is 4.98 Å². The summed E-state index contributed by atoms with van der Waals surface area (Å²) in [6.45, 7) is 3.47. The van der Waals surface area contributed by atoms with Gasteiger partial charge in [-0.25, -0.2) is 0 Å². The summed E-state index contributed by atoms with van der Waals surface area (Å²) in [6, 6.07) is 5.16. The molecule has 6 nitrogen and oxygen atoms in total. The molecule has 1 atom stereocenters. The first-order valence-corrected chi connectivity index (χ1v) is 8.34. The summed E-state index contributed by atoms with van der Waals surface area (Å²) in [5.74, 6) is -2.01. The van der Waals surface area contributed by atoms with Gasteiger partial charge in [0, 0.05) is 24.5 Å². The topological polar surface area (TPSA) is 93.4 Å². The molecular formula is C17H17N3O3S. The summed E-state index contributed by atoms with van der Waals surface area (Å²) in [4.78, 5) is 43.4. The van der Waals surface area contributed by atoms with E-state index < -0.39 is 17.2 Å². The van der Waals surface area contributed by atoms with Crippen molar-refractivity contribution in [2.45, 2.75) is 19.8 Å². The lowest BCUT2D eigenvalue weighted by Gasteiger charge is -2.28. The number of nitrogens with zero attached hydrogens (tertiary/aromatic N) is 2. The molecule has 3 heterocycles. The van der Waals surface area contributed by atoms with Crippen LogP contribution in [0, 0.1) is 5.41 Å². The van der Waals surface area contributed by atoms with Crippen LogP contribution >= 0.6 is 11.3 Å². The maximum absolute atomic E-state index is 12.9. The molecule has 7 heteroatoms. The van der Waals surface area contributed by atoms with Crippen LogP contribution in [0.15, 0.2) is 36.0 Å². The average molecular weight is 343 g/mol. The summed E-state index contributed by atoms with van der Waals surface area (Å²) in [6.07, 6.45) is 3.11. The van der Waals surface area contributed by atoms with Gasteiger partial charge in [-0.1, -0.05) is 6.07 Å². The number of carbonyl (C=O) groups excluding carboxylic acids is 3. The van der Waals surface area contributed by atoms with Gasteiger partial charge in [0.15, 0.2) is 5.78 Å². The number of rotatable bonds is 5. The molecule has 1 unspecified atom stereocenters. The number of aromatic nitrogens is 1. The molecule has 0 spiro atoms. The van der Waals surface area contributed by atoms with Gasteiger partial charge in [0.05, 0.1) is 16.0 Å². The number of ketones is 1. The van der Waals surface area contributed by atoms with Gasteiger partial charge in [0.2, 0.25) is 11.8 Å². The number of nitrogens with two attached hydrogens (primary N) is 1. The van der Waals surface area contributed by atoms with Gasteiger partial charge in [0.25, 0.3) is 0 Å². The largest absolute Gasteiger partial charge is 0.369 e. The second-order valence-electron chi connectivity index (χ2n) is 6.38. The minimum absolute atomic E-state index is 0.117. The van der Waals surface area contributed by atoms with Crippen LogP contribution in [0.2, 0.25) is 0 Å². The number of thiophene rings is 1. The van der Waals surface area contributed by atoms with E-state index in [1.165, 1.54) is 16.2 Å². The highest BCUT2D eigenvalue weighted by molar-refractivity contribution is 7.12. The van der Waals surface area contributed by atoms with E-state index in [0.29, 0.717) is 16.1 Å². The van der Waals surface area contributed by atoms with Gasteiger partial charge in [0.1, 0.15) is 5.92 Å². The summed E-state index contributed by atoms with van der Waals surface area (Å²) in [5, 5.41) is 1.80. The van der Waals surface area contributed by atoms with E-state index in [1.807, 2.05) is 0 Å². The Morgan fingerprint density at radius 3 is 2.75 bits per heavy atom. The van der Waals surface area contributed by atoms with Crippen LogP contribution in [0.5, 0.6) is 0 Å². The van der Waals surface area contributed by atoms with Crippen LogP contribution in [-0.2, 0) is 9.59 Å². The Morgan fingerprint density at radius 1 is 1.38 bits per heavy atom. The number of fused-ring (bicyclic) bond motifs is 1. The Morgan fingerprint density at radius 2 is 2.12 bits per heavy atom. The second-order valence-corrected chi connectivity index (χ2v) is 7.33. The fourth-order valence-corrected chi connectivity index (χ4v) is 3.42. The average Bonchev–Trinajstić information content (AvgIpc) is 3.15. The monoisotopic (exact) mass is 343 g/mol. The lowest BCUT2D eigenvalue weighted by atomic mass is 9.92. The molecule has 0 aliphatic carbocycles. The van der Waals surface area contributed by atoms with Crippen molar-refractivity contribution in [2.75, 3.05) is 11.4 Å². The molecule has 0 saturated carbocycles. The van der Waals surface area contributed by atoms with Crippen LogP contribution in [0.25, 0.3) is 0 Å². The quantitative estimate of drug-likeness (QED) is 0.663. The number of pyridine rings is 1. The first-order chi connectivity index (χ1) is 11.3. The molecule has 0 bridgehead atoms. The molecule has 1 aliphatic heterocycles. The van der Waals surface area contributed by atoms with Crippen molar-refractivity contribution >= 4 is 34.6 Å². The van der Waals surface area contributed by atoms with Crippen molar-refractivity contribution < 1.29 is 14.4 Å². The third-order valence-corrected chi connectivity index (χ3v) is 5.07. The Balaban J connectivity index is 2.01. The molecule has 0 fully saturated rings. The van der Waals surface area contributed by atoms with Gasteiger partial charge in [-0.15, -0.1) is 11.3 Å². The normalized spacial score (nSPS) is 17.0. The molecule has 2 amide bonds. The van der Waals surface area contributed by atoms with E-state index in [-0.39, 0.29) is 18.2 Å². The van der Waals surface area contributed by atoms with E-state index in [1.54, 1.807) is 49.8 Å². The van der Waals surface area contributed by atoms with Crippen molar-refractivity contribution in [3.63, 3.8) is 0 Å². The Hall–Kier alpha value is -2.54. The minimum Gasteiger partial charge on any atom is -0.369 e. The molecule has 2 aromatic heterocycles. The molecule has 0 aromatic carbocycles. The highest BCUT2D eigenvalue weighted by Gasteiger charge is 2.44. The maximum atomic E-state index is 12.9. The van der Waals surface area contributed by atoms with Crippen LogP contribution in [0.4, 0.5) is 5.69 Å². The van der Waals surface area contributed by atoms with Gasteiger partial charge in [-0.2, -0.15) is 0 Å². The van der Waals surface area contributed by atoms with Crippen molar-refractivity contribution in [2.24, 2.45) is 11.1 Å². The number of carbonyl (C=O) groups is 3. The fraction of sp³-hybridized carbons (Fsp3) is 0.294. The van der Waals surface area contributed by atoms with Crippen LogP contribution in [0.3, 0.4) is 0 Å². The van der Waals surface area contributed by atoms with Crippen molar-refractivity contribution in [3.8, 4) is 0 Å². The standard InChI is InChI=1S/C17H17N3O3S/c1-17(2,16(18)23)9-20-11-5-6-19-8-10(11)13(15(20)22)14(21)12-4-3-7-24-12/h3-8,13H,9H2,1-2H3,(H2,18,23). The number of primary amides is 1. The fourth-order valence-electron chi connectivity index (χ4n) is 2.73.